The Kier molecular flexibility index (Phi) is 10.0. The van der Waals surface area contributed by atoms with Gasteiger partial charge in [-0.25, -0.2) is 0 Å². The highest BCUT2D eigenvalue weighted by atomic mass is 16.8. The summed E-state index contributed by atoms with van der Waals surface area (Å²) >= 11 is 0. The van der Waals surface area contributed by atoms with E-state index in [4.69, 9.17) is 48.4 Å². The predicted molar refractivity (Wildman–Crippen MR) is 191 cm³/mol. The van der Waals surface area contributed by atoms with Crippen LogP contribution in [-0.4, -0.2) is 127 Å². The number of ether oxygens (including phenoxy) is 9. The topological polar surface area (TPSA) is 146 Å². The van der Waals surface area contributed by atoms with Crippen molar-refractivity contribution in [1.82, 2.24) is 0 Å². The number of carbonyl (C=O) groups is 1. The number of rotatable bonds is 4. The lowest BCUT2D eigenvalue weighted by molar-refractivity contribution is -0.294. The minimum Gasteiger partial charge on any atom is -0.392 e. The third kappa shape index (κ3) is 6.73. The number of hydrogen-bond donors (Lipinski definition) is 2. The quantitative estimate of drug-likeness (QED) is 0.404. The highest BCUT2D eigenvalue weighted by molar-refractivity contribution is 5.79. The second kappa shape index (κ2) is 14.3. The first-order valence-corrected chi connectivity index (χ1v) is 20.5. The molecule has 10 aliphatic rings. The van der Waals surface area contributed by atoms with Crippen LogP contribution < -0.4 is 5.73 Å². The number of ketones is 1. The zero-order chi connectivity index (χ0) is 36.8. The second-order valence-electron chi connectivity index (χ2n) is 18.1. The van der Waals surface area contributed by atoms with E-state index in [1.165, 1.54) is 0 Å². The van der Waals surface area contributed by atoms with Crippen molar-refractivity contribution in [3.8, 4) is 0 Å². The molecule has 10 rings (SSSR count). The largest absolute Gasteiger partial charge is 0.392 e. The van der Waals surface area contributed by atoms with Gasteiger partial charge >= 0.3 is 0 Å². The van der Waals surface area contributed by atoms with Gasteiger partial charge in [0.05, 0.1) is 61.0 Å². The summed E-state index contributed by atoms with van der Waals surface area (Å²) < 4.78 is 60.5. The Morgan fingerprint density at radius 2 is 1.62 bits per heavy atom. The lowest BCUT2D eigenvalue weighted by Gasteiger charge is -2.47. The van der Waals surface area contributed by atoms with Crippen molar-refractivity contribution in [1.29, 1.82) is 0 Å². The van der Waals surface area contributed by atoms with Crippen LogP contribution in [0.15, 0.2) is 24.3 Å². The maximum atomic E-state index is 14.1. The van der Waals surface area contributed by atoms with Crippen LogP contribution in [0.1, 0.15) is 97.3 Å². The van der Waals surface area contributed by atoms with Crippen molar-refractivity contribution >= 4 is 5.78 Å². The number of fused-ring (bicyclic) bond motifs is 6. The second-order valence-corrected chi connectivity index (χ2v) is 18.1. The monoisotopic (exact) mass is 743 g/mol. The molecule has 1 spiro atoms. The third-order valence-corrected chi connectivity index (χ3v) is 14.4. The van der Waals surface area contributed by atoms with Crippen molar-refractivity contribution in [3.05, 3.63) is 24.3 Å². The minimum absolute atomic E-state index is 0.0227. The Morgan fingerprint density at radius 1 is 0.849 bits per heavy atom. The minimum atomic E-state index is -0.818. The molecule has 0 aromatic rings. The smallest absolute Gasteiger partial charge is 0.172 e. The summed E-state index contributed by atoms with van der Waals surface area (Å²) in [6, 6.07) is 0. The lowest BCUT2D eigenvalue weighted by atomic mass is 9.81. The molecule has 19 atom stereocenters. The zero-order valence-electron chi connectivity index (χ0n) is 31.7. The number of hydrogen-bond acceptors (Lipinski definition) is 12. The standard InChI is InChI=1S/C41H61NO11/c1-20-12-25-6-8-29-21(2)13-27(46-29)10-11-41-19-40(4)39(53-41)38-37(51-40)36(52-41)35-30(50-38)9-7-26(48-35)14-23(43)15-28-32(17-31(47-25)22(20)3)49-33(34(28)45-5)16-24(44)18-42/h20,24-39,44H,2-3,6-19,42H2,1,4-5H3/t20-,24+,25+,26?,27?,28?,29?,30?,31?,32+,33-,34-,35?,36+,37+,38-,39-,40+,41-/m1/s1. The summed E-state index contributed by atoms with van der Waals surface area (Å²) in [6.07, 6.45) is 4.60. The van der Waals surface area contributed by atoms with Gasteiger partial charge in [0, 0.05) is 58.1 Å². The summed E-state index contributed by atoms with van der Waals surface area (Å²) in [6.45, 7) is 13.4. The van der Waals surface area contributed by atoms with Gasteiger partial charge in [0.2, 0.25) is 0 Å². The van der Waals surface area contributed by atoms with Gasteiger partial charge in [0.15, 0.2) is 5.79 Å². The van der Waals surface area contributed by atoms with Gasteiger partial charge in [-0.2, -0.15) is 0 Å². The van der Waals surface area contributed by atoms with E-state index in [9.17, 15) is 9.90 Å². The summed E-state index contributed by atoms with van der Waals surface area (Å²) in [5.41, 5.74) is 7.51. The molecule has 53 heavy (non-hydrogen) atoms. The van der Waals surface area contributed by atoms with Crippen LogP contribution in [0.4, 0.5) is 0 Å². The van der Waals surface area contributed by atoms with E-state index in [0.717, 1.165) is 49.7 Å². The van der Waals surface area contributed by atoms with Crippen LogP contribution in [0, 0.1) is 11.8 Å². The van der Waals surface area contributed by atoms with E-state index >= 15 is 0 Å². The number of aliphatic hydroxyl groups is 1. The maximum absolute atomic E-state index is 14.1. The Morgan fingerprint density at radius 3 is 2.43 bits per heavy atom. The molecule has 3 N–H and O–H groups in total. The molecule has 0 aliphatic carbocycles. The Labute approximate surface area is 313 Å². The van der Waals surface area contributed by atoms with Crippen molar-refractivity contribution < 1.29 is 52.5 Å². The molecule has 0 radical (unpaired) electrons. The zero-order valence-corrected chi connectivity index (χ0v) is 31.7. The Hall–Kier alpha value is -1.29. The van der Waals surface area contributed by atoms with Gasteiger partial charge in [0.25, 0.3) is 0 Å². The van der Waals surface area contributed by atoms with Crippen molar-refractivity contribution in [3.63, 3.8) is 0 Å². The molecule has 12 bridgehead atoms. The van der Waals surface area contributed by atoms with E-state index < -0.39 is 23.6 Å². The highest BCUT2D eigenvalue weighted by Crippen LogP contribution is 2.58. The lowest BCUT2D eigenvalue weighted by Crippen LogP contribution is -2.61. The fraction of sp³-hybridized carbons (Fsp3) is 0.878. The van der Waals surface area contributed by atoms with Crippen molar-refractivity contribution in [2.45, 2.75) is 200 Å². The van der Waals surface area contributed by atoms with Crippen LogP contribution in [0.3, 0.4) is 0 Å². The molecule has 10 fully saturated rings. The van der Waals surface area contributed by atoms with Crippen LogP contribution in [0.2, 0.25) is 0 Å². The molecule has 10 saturated heterocycles. The number of Topliss-reactive ketones (excluding diaryl/α,β-unsaturated/α-hetero) is 1. The molecule has 0 aromatic carbocycles. The predicted octanol–water partition coefficient (Wildman–Crippen LogP) is 3.83. The maximum Gasteiger partial charge on any atom is 0.172 e. The number of carbonyl (C=O) groups excluding carboxylic acids is 1. The first-order valence-electron chi connectivity index (χ1n) is 20.5. The van der Waals surface area contributed by atoms with E-state index in [0.29, 0.717) is 32.1 Å². The summed E-state index contributed by atoms with van der Waals surface area (Å²) in [7, 11) is 1.66. The Bertz CT molecular complexity index is 1430. The van der Waals surface area contributed by atoms with Crippen LogP contribution >= 0.6 is 0 Å². The average Bonchev–Trinajstić information content (AvgIpc) is 3.76. The molecule has 12 nitrogen and oxygen atoms in total. The third-order valence-electron chi connectivity index (χ3n) is 14.4. The molecular formula is C41H61NO11. The summed E-state index contributed by atoms with van der Waals surface area (Å²) in [5.74, 6) is -0.666. The molecule has 0 aromatic heterocycles. The van der Waals surface area contributed by atoms with Gasteiger partial charge in [0.1, 0.15) is 41.9 Å². The first-order chi connectivity index (χ1) is 25.4. The SMILES string of the molecule is C=C1CC2CC[C@@]34C[C@]5(C)O[C@@H]6[C@@H](OC7CCC(CC(=O)CC8[C@H](CC9O[C@@H](CCC1O2)C[C@@H](C)C9=C)O[C@H](C[C@H](O)CN)[C@@H]8OC)OC7[C@@H]6O3)[C@H]5O4. The van der Waals surface area contributed by atoms with E-state index in [1.807, 2.05) is 0 Å². The van der Waals surface area contributed by atoms with Gasteiger partial charge in [-0.1, -0.05) is 20.1 Å². The normalized spacial score (nSPS) is 53.0. The van der Waals surface area contributed by atoms with Gasteiger partial charge in [-0.15, -0.1) is 0 Å². The average molecular weight is 744 g/mol. The molecule has 12 heteroatoms. The van der Waals surface area contributed by atoms with Gasteiger partial charge < -0.3 is 53.5 Å². The molecule has 10 aliphatic heterocycles. The molecule has 0 amide bonds. The number of methoxy groups -OCH3 is 1. The molecule has 0 saturated carbocycles. The Balaban J connectivity index is 1.00. The molecule has 10 heterocycles. The van der Waals surface area contributed by atoms with E-state index in [2.05, 4.69) is 27.0 Å². The van der Waals surface area contributed by atoms with Crippen molar-refractivity contribution in [2.24, 2.45) is 17.6 Å². The number of aliphatic hydroxyl groups excluding tert-OH is 1. The van der Waals surface area contributed by atoms with Crippen LogP contribution in [0.25, 0.3) is 0 Å². The van der Waals surface area contributed by atoms with E-state index in [-0.39, 0.29) is 116 Å². The summed E-state index contributed by atoms with van der Waals surface area (Å²) in [5, 5.41) is 10.5. The van der Waals surface area contributed by atoms with Crippen molar-refractivity contribution in [2.75, 3.05) is 13.7 Å². The molecule has 7 unspecified atom stereocenters. The summed E-state index contributed by atoms with van der Waals surface area (Å²) in [4.78, 5) is 14.1. The highest BCUT2D eigenvalue weighted by Gasteiger charge is 2.73. The van der Waals surface area contributed by atoms with E-state index in [1.54, 1.807) is 7.11 Å². The fourth-order valence-corrected chi connectivity index (χ4v) is 11.7. The number of nitrogens with two attached hydrogens (primary N) is 1. The van der Waals surface area contributed by atoms with Crippen LogP contribution in [-0.2, 0) is 47.4 Å². The van der Waals surface area contributed by atoms with Gasteiger partial charge in [-0.3, -0.25) is 4.79 Å². The van der Waals surface area contributed by atoms with Crippen LogP contribution in [0.5, 0.6) is 0 Å². The first kappa shape index (κ1) is 37.3. The molecule has 296 valence electrons. The molecular weight excluding hydrogens is 682 g/mol. The fourth-order valence-electron chi connectivity index (χ4n) is 11.7. The van der Waals surface area contributed by atoms with Gasteiger partial charge in [-0.05, 0) is 68.9 Å².